The zero-order valence-corrected chi connectivity index (χ0v) is 14.1. The van der Waals surface area contributed by atoms with E-state index < -0.39 is 0 Å². The maximum atomic E-state index is 12.3. The third-order valence-corrected chi connectivity index (χ3v) is 5.09. The van der Waals surface area contributed by atoms with E-state index in [0.717, 1.165) is 44.3 Å². The fourth-order valence-electron chi connectivity index (χ4n) is 3.34. The molecule has 1 aliphatic carbocycles. The molecule has 3 rings (SSSR count). The first kappa shape index (κ1) is 16.3. The SMILES string of the molecule is CC(C1CC1)N1CCN(C(=O)CCCOc2ccccc2)CC1. The van der Waals surface area contributed by atoms with Crippen LogP contribution in [-0.2, 0) is 4.79 Å². The average molecular weight is 316 g/mol. The van der Waals surface area contributed by atoms with Gasteiger partial charge in [-0.15, -0.1) is 0 Å². The van der Waals surface area contributed by atoms with Gasteiger partial charge < -0.3 is 9.64 Å². The highest BCUT2D eigenvalue weighted by molar-refractivity contribution is 5.76. The fraction of sp³-hybridized carbons (Fsp3) is 0.632. The predicted molar refractivity (Wildman–Crippen MR) is 91.5 cm³/mol. The van der Waals surface area contributed by atoms with Crippen LogP contribution in [0.25, 0.3) is 0 Å². The second kappa shape index (κ2) is 7.82. The van der Waals surface area contributed by atoms with Gasteiger partial charge in [0.25, 0.3) is 0 Å². The lowest BCUT2D eigenvalue weighted by Gasteiger charge is -2.38. The Morgan fingerprint density at radius 3 is 2.52 bits per heavy atom. The number of carbonyl (C=O) groups excluding carboxylic acids is 1. The smallest absolute Gasteiger partial charge is 0.222 e. The van der Waals surface area contributed by atoms with Crippen molar-refractivity contribution in [2.45, 2.75) is 38.6 Å². The quantitative estimate of drug-likeness (QED) is 0.725. The zero-order chi connectivity index (χ0) is 16.1. The number of hydrogen-bond donors (Lipinski definition) is 0. The third kappa shape index (κ3) is 4.71. The van der Waals surface area contributed by atoms with Crippen molar-refractivity contribution in [1.82, 2.24) is 9.80 Å². The van der Waals surface area contributed by atoms with E-state index in [9.17, 15) is 4.79 Å². The second-order valence-electron chi connectivity index (χ2n) is 6.76. The van der Waals surface area contributed by atoms with Gasteiger partial charge in [0, 0.05) is 38.6 Å². The van der Waals surface area contributed by atoms with Crippen LogP contribution in [0.2, 0.25) is 0 Å². The van der Waals surface area contributed by atoms with Crippen LogP contribution in [-0.4, -0.2) is 54.5 Å². The molecule has 1 saturated carbocycles. The first-order valence-electron chi connectivity index (χ1n) is 8.94. The van der Waals surface area contributed by atoms with Crippen molar-refractivity contribution in [2.24, 2.45) is 5.92 Å². The summed E-state index contributed by atoms with van der Waals surface area (Å²) < 4.78 is 5.65. The average Bonchev–Trinajstić information content (AvgIpc) is 3.44. The van der Waals surface area contributed by atoms with Crippen LogP contribution in [0.3, 0.4) is 0 Å². The zero-order valence-electron chi connectivity index (χ0n) is 14.1. The van der Waals surface area contributed by atoms with Crippen molar-refractivity contribution >= 4 is 5.91 Å². The van der Waals surface area contributed by atoms with E-state index in [-0.39, 0.29) is 5.91 Å². The van der Waals surface area contributed by atoms with E-state index in [2.05, 4.69) is 11.8 Å². The Balaban J connectivity index is 1.31. The van der Waals surface area contributed by atoms with Gasteiger partial charge in [0.05, 0.1) is 6.61 Å². The third-order valence-electron chi connectivity index (χ3n) is 5.09. The molecule has 4 heteroatoms. The van der Waals surface area contributed by atoms with Crippen LogP contribution in [0.1, 0.15) is 32.6 Å². The highest BCUT2D eigenvalue weighted by Crippen LogP contribution is 2.35. The Labute approximate surface area is 139 Å². The molecular weight excluding hydrogens is 288 g/mol. The summed E-state index contributed by atoms with van der Waals surface area (Å²) in [5, 5.41) is 0. The Kier molecular flexibility index (Phi) is 5.55. The molecule has 1 amide bonds. The van der Waals surface area contributed by atoms with Crippen LogP contribution in [0.5, 0.6) is 5.75 Å². The van der Waals surface area contributed by atoms with Gasteiger partial charge in [0.15, 0.2) is 0 Å². The summed E-state index contributed by atoms with van der Waals surface area (Å²) in [5.41, 5.74) is 0. The van der Waals surface area contributed by atoms with E-state index in [1.165, 1.54) is 12.8 Å². The van der Waals surface area contributed by atoms with Crippen molar-refractivity contribution in [3.63, 3.8) is 0 Å². The van der Waals surface area contributed by atoms with Crippen molar-refractivity contribution in [1.29, 1.82) is 0 Å². The molecule has 0 bridgehead atoms. The molecule has 1 atom stereocenters. The standard InChI is InChI=1S/C19H28N2O2/c1-16(17-9-10-17)20-11-13-21(14-12-20)19(22)8-5-15-23-18-6-3-2-4-7-18/h2-4,6-7,16-17H,5,8-15H2,1H3. The first-order valence-corrected chi connectivity index (χ1v) is 8.94. The summed E-state index contributed by atoms with van der Waals surface area (Å²) in [6.45, 7) is 6.78. The summed E-state index contributed by atoms with van der Waals surface area (Å²) in [5.74, 6) is 2.07. The monoisotopic (exact) mass is 316 g/mol. The molecule has 1 heterocycles. The first-order chi connectivity index (χ1) is 11.2. The molecule has 23 heavy (non-hydrogen) atoms. The molecule has 1 aromatic carbocycles. The van der Waals surface area contributed by atoms with Gasteiger partial charge in [-0.2, -0.15) is 0 Å². The minimum Gasteiger partial charge on any atom is -0.494 e. The molecule has 0 spiro atoms. The summed E-state index contributed by atoms with van der Waals surface area (Å²) >= 11 is 0. The van der Waals surface area contributed by atoms with Crippen molar-refractivity contribution in [3.05, 3.63) is 30.3 Å². The molecular formula is C19H28N2O2. The largest absolute Gasteiger partial charge is 0.494 e. The molecule has 1 unspecified atom stereocenters. The minimum atomic E-state index is 0.278. The lowest BCUT2D eigenvalue weighted by atomic mass is 10.1. The molecule has 1 saturated heterocycles. The van der Waals surface area contributed by atoms with E-state index >= 15 is 0 Å². The molecule has 126 valence electrons. The number of carbonyl (C=O) groups is 1. The summed E-state index contributed by atoms with van der Waals surface area (Å²) in [6, 6.07) is 10.5. The van der Waals surface area contributed by atoms with Crippen molar-refractivity contribution in [2.75, 3.05) is 32.8 Å². The number of para-hydroxylation sites is 1. The van der Waals surface area contributed by atoms with Gasteiger partial charge in [-0.1, -0.05) is 18.2 Å². The molecule has 4 nitrogen and oxygen atoms in total. The topological polar surface area (TPSA) is 32.8 Å². The summed E-state index contributed by atoms with van der Waals surface area (Å²) in [7, 11) is 0. The van der Waals surface area contributed by atoms with Gasteiger partial charge in [0.1, 0.15) is 5.75 Å². The molecule has 0 radical (unpaired) electrons. The predicted octanol–water partition coefficient (Wildman–Crippen LogP) is 2.79. The van der Waals surface area contributed by atoms with E-state index in [1.54, 1.807) is 0 Å². The number of nitrogens with zero attached hydrogens (tertiary/aromatic N) is 2. The van der Waals surface area contributed by atoms with Crippen LogP contribution >= 0.6 is 0 Å². The van der Waals surface area contributed by atoms with Gasteiger partial charge in [0.2, 0.25) is 5.91 Å². The molecule has 1 aliphatic heterocycles. The summed E-state index contributed by atoms with van der Waals surface area (Å²) in [4.78, 5) is 16.9. The van der Waals surface area contributed by atoms with Crippen molar-refractivity contribution < 1.29 is 9.53 Å². The maximum Gasteiger partial charge on any atom is 0.222 e. The number of rotatable bonds is 7. The van der Waals surface area contributed by atoms with E-state index in [4.69, 9.17) is 4.74 Å². The maximum absolute atomic E-state index is 12.3. The Morgan fingerprint density at radius 2 is 1.87 bits per heavy atom. The van der Waals surface area contributed by atoms with Crippen molar-refractivity contribution in [3.8, 4) is 5.75 Å². The lowest BCUT2D eigenvalue weighted by Crippen LogP contribution is -2.51. The molecule has 0 N–H and O–H groups in total. The number of amides is 1. The normalized spacial score (nSPS) is 20.3. The van der Waals surface area contributed by atoms with E-state index in [0.29, 0.717) is 19.1 Å². The highest BCUT2D eigenvalue weighted by atomic mass is 16.5. The Bertz CT molecular complexity index is 493. The second-order valence-corrected chi connectivity index (χ2v) is 6.76. The highest BCUT2D eigenvalue weighted by Gasteiger charge is 2.33. The van der Waals surface area contributed by atoms with Gasteiger partial charge >= 0.3 is 0 Å². The lowest BCUT2D eigenvalue weighted by molar-refractivity contribution is -0.133. The van der Waals surface area contributed by atoms with Gasteiger partial charge in [-0.3, -0.25) is 9.69 Å². The number of benzene rings is 1. The number of ether oxygens (including phenoxy) is 1. The van der Waals surface area contributed by atoms with Gasteiger partial charge in [-0.05, 0) is 44.2 Å². The van der Waals surface area contributed by atoms with Gasteiger partial charge in [-0.25, -0.2) is 0 Å². The van der Waals surface area contributed by atoms with Crippen LogP contribution in [0.15, 0.2) is 30.3 Å². The summed E-state index contributed by atoms with van der Waals surface area (Å²) in [6.07, 6.45) is 4.15. The molecule has 2 aliphatic rings. The molecule has 1 aromatic rings. The van der Waals surface area contributed by atoms with E-state index in [1.807, 2.05) is 35.2 Å². The van der Waals surface area contributed by atoms with Crippen LogP contribution < -0.4 is 4.74 Å². The Hall–Kier alpha value is -1.55. The van der Waals surface area contributed by atoms with Crippen LogP contribution in [0.4, 0.5) is 0 Å². The number of hydrogen-bond acceptors (Lipinski definition) is 3. The molecule has 2 fully saturated rings. The molecule has 0 aromatic heterocycles. The Morgan fingerprint density at radius 1 is 1.17 bits per heavy atom. The minimum absolute atomic E-state index is 0.278. The fourth-order valence-corrected chi connectivity index (χ4v) is 3.34. The number of piperazine rings is 1. The van der Waals surface area contributed by atoms with Crippen LogP contribution in [0, 0.1) is 5.92 Å².